The third-order valence-electron chi connectivity index (χ3n) is 4.46. The molecule has 1 atom stereocenters. The molecule has 5 heteroatoms. The Kier molecular flexibility index (Phi) is 3.97. The van der Waals surface area contributed by atoms with E-state index in [0.29, 0.717) is 0 Å². The van der Waals surface area contributed by atoms with E-state index in [2.05, 4.69) is 53.7 Å². The van der Waals surface area contributed by atoms with Crippen LogP contribution in [0.4, 0.5) is 5.82 Å². The molecule has 0 amide bonds. The number of fused-ring (bicyclic) bond motifs is 1. The lowest BCUT2D eigenvalue weighted by Gasteiger charge is -2.22. The van der Waals surface area contributed by atoms with E-state index in [0.717, 1.165) is 47.1 Å². The molecule has 0 saturated carbocycles. The molecule has 118 valence electrons. The molecule has 23 heavy (non-hydrogen) atoms. The van der Waals surface area contributed by atoms with Crippen molar-refractivity contribution < 1.29 is 4.90 Å². The zero-order valence-electron chi connectivity index (χ0n) is 13.3. The molecule has 0 aliphatic carbocycles. The van der Waals surface area contributed by atoms with E-state index < -0.39 is 0 Å². The van der Waals surface area contributed by atoms with Gasteiger partial charge in [-0.3, -0.25) is 0 Å². The number of anilines is 1. The van der Waals surface area contributed by atoms with E-state index in [4.69, 9.17) is 9.97 Å². The maximum atomic E-state index is 4.95. The van der Waals surface area contributed by atoms with Crippen LogP contribution in [0.3, 0.4) is 0 Å². The number of benzene rings is 1. The van der Waals surface area contributed by atoms with Gasteiger partial charge in [-0.05, 0) is 23.6 Å². The monoisotopic (exact) mass is 325 g/mol. The number of aromatic nitrogens is 2. The van der Waals surface area contributed by atoms with Crippen LogP contribution in [0, 0.1) is 0 Å². The van der Waals surface area contributed by atoms with E-state index in [1.807, 2.05) is 0 Å². The molecule has 2 aromatic heterocycles. The van der Waals surface area contributed by atoms with Crippen LogP contribution >= 0.6 is 11.3 Å². The molecule has 0 spiro atoms. The van der Waals surface area contributed by atoms with Crippen LogP contribution in [0.2, 0.25) is 0 Å². The molecular formula is C18H21N4S+. The average molecular weight is 325 g/mol. The Labute approximate surface area is 140 Å². The first-order valence-electron chi connectivity index (χ1n) is 8.18. The van der Waals surface area contributed by atoms with Gasteiger partial charge >= 0.3 is 0 Å². The second-order valence-corrected chi connectivity index (χ2v) is 7.11. The fourth-order valence-corrected chi connectivity index (χ4v) is 3.82. The molecule has 3 heterocycles. The van der Waals surface area contributed by atoms with Crippen molar-refractivity contribution in [3.63, 3.8) is 0 Å². The van der Waals surface area contributed by atoms with Gasteiger partial charge in [0.15, 0.2) is 5.82 Å². The van der Waals surface area contributed by atoms with Gasteiger partial charge in [0.25, 0.3) is 0 Å². The van der Waals surface area contributed by atoms with Gasteiger partial charge in [0, 0.05) is 18.4 Å². The fraction of sp³-hybridized carbons (Fsp3) is 0.333. The van der Waals surface area contributed by atoms with Crippen molar-refractivity contribution in [2.75, 3.05) is 38.1 Å². The molecule has 1 fully saturated rings. The Morgan fingerprint density at radius 3 is 2.83 bits per heavy atom. The van der Waals surface area contributed by atoms with E-state index in [9.17, 15) is 0 Å². The highest BCUT2D eigenvalue weighted by atomic mass is 32.1. The molecular weight excluding hydrogens is 304 g/mol. The Bertz CT molecular complexity index is 800. The van der Waals surface area contributed by atoms with Gasteiger partial charge in [-0.25, -0.2) is 9.97 Å². The minimum absolute atomic E-state index is 0.846. The zero-order chi connectivity index (χ0) is 15.6. The van der Waals surface area contributed by atoms with Crippen molar-refractivity contribution in [2.45, 2.75) is 6.42 Å². The minimum atomic E-state index is 0.846. The molecule has 4 nitrogen and oxygen atoms in total. The Morgan fingerprint density at radius 1 is 1.04 bits per heavy atom. The van der Waals surface area contributed by atoms with Gasteiger partial charge in [0.05, 0.1) is 37.1 Å². The summed E-state index contributed by atoms with van der Waals surface area (Å²) in [5.74, 6) is 1.94. The summed E-state index contributed by atoms with van der Waals surface area (Å²) in [5, 5.41) is 3.24. The Hall–Kier alpha value is -1.98. The van der Waals surface area contributed by atoms with E-state index in [1.54, 1.807) is 16.2 Å². The quantitative estimate of drug-likeness (QED) is 0.783. The highest BCUT2D eigenvalue weighted by molar-refractivity contribution is 7.13. The number of hydrogen-bond acceptors (Lipinski definition) is 4. The summed E-state index contributed by atoms with van der Waals surface area (Å²) in [6.45, 7) is 4.52. The van der Waals surface area contributed by atoms with Gasteiger partial charge < -0.3 is 9.80 Å². The smallest absolute Gasteiger partial charge is 0.172 e. The fourth-order valence-electron chi connectivity index (χ4n) is 3.16. The topological polar surface area (TPSA) is 33.5 Å². The zero-order valence-corrected chi connectivity index (χ0v) is 14.1. The van der Waals surface area contributed by atoms with Crippen LogP contribution in [0.1, 0.15) is 6.42 Å². The van der Waals surface area contributed by atoms with E-state index >= 15 is 0 Å². The number of para-hydroxylation sites is 1. The maximum absolute atomic E-state index is 4.95. The highest BCUT2D eigenvalue weighted by Gasteiger charge is 2.19. The third kappa shape index (κ3) is 2.94. The third-order valence-corrected chi connectivity index (χ3v) is 5.33. The maximum Gasteiger partial charge on any atom is 0.172 e. The highest BCUT2D eigenvalue weighted by Crippen LogP contribution is 2.29. The molecule has 3 aromatic rings. The first-order chi connectivity index (χ1) is 11.3. The lowest BCUT2D eigenvalue weighted by molar-refractivity contribution is -0.876. The van der Waals surface area contributed by atoms with Gasteiger partial charge in [-0.2, -0.15) is 0 Å². The van der Waals surface area contributed by atoms with Crippen LogP contribution in [-0.2, 0) is 0 Å². The summed E-state index contributed by atoms with van der Waals surface area (Å²) in [7, 11) is 2.28. The standard InChI is InChI=1S/C18H20N4S/c1-21-9-5-10-22(12-11-21)18-14-6-2-3-7-15(14)19-17(20-18)16-8-4-13-23-16/h2-4,6-8,13H,5,9-12H2,1H3/p+1. The number of hydrogen-bond donors (Lipinski definition) is 1. The van der Waals surface area contributed by atoms with Crippen molar-refractivity contribution in [1.29, 1.82) is 0 Å². The number of thiophene rings is 1. The minimum Gasteiger partial charge on any atom is -0.350 e. The summed E-state index contributed by atoms with van der Waals surface area (Å²) >= 11 is 1.70. The number of likely N-dealkylation sites (N-methyl/N-ethyl adjacent to an activating group) is 1. The van der Waals surface area contributed by atoms with E-state index in [-0.39, 0.29) is 0 Å². The molecule has 4 rings (SSSR count). The molecule has 1 aliphatic heterocycles. The molecule has 1 N–H and O–H groups in total. The molecule has 1 saturated heterocycles. The van der Waals surface area contributed by atoms with Crippen LogP contribution in [0.25, 0.3) is 21.6 Å². The first kappa shape index (κ1) is 14.6. The van der Waals surface area contributed by atoms with Crippen molar-refractivity contribution in [1.82, 2.24) is 9.97 Å². The Morgan fingerprint density at radius 2 is 1.96 bits per heavy atom. The lowest BCUT2D eigenvalue weighted by Crippen LogP contribution is -3.09. The number of nitrogens with one attached hydrogen (secondary N) is 1. The van der Waals surface area contributed by atoms with Crippen LogP contribution < -0.4 is 9.80 Å². The SMILES string of the molecule is C[NH+]1CCCN(c2nc(-c3cccs3)nc3ccccc23)CC1. The van der Waals surface area contributed by atoms with Gasteiger partial charge in [0.2, 0.25) is 0 Å². The summed E-state index contributed by atoms with van der Waals surface area (Å²) in [4.78, 5) is 14.9. The van der Waals surface area contributed by atoms with Crippen molar-refractivity contribution in [3.05, 3.63) is 41.8 Å². The summed E-state index contributed by atoms with van der Waals surface area (Å²) in [6.07, 6.45) is 1.21. The number of quaternary nitrogens is 1. The van der Waals surface area contributed by atoms with Crippen molar-refractivity contribution in [2.24, 2.45) is 0 Å². The second kappa shape index (κ2) is 6.26. The van der Waals surface area contributed by atoms with Crippen LogP contribution in [0.15, 0.2) is 41.8 Å². The van der Waals surface area contributed by atoms with Gasteiger partial charge in [0.1, 0.15) is 5.82 Å². The lowest BCUT2D eigenvalue weighted by atomic mass is 10.2. The molecule has 1 aliphatic rings. The molecule has 1 aromatic carbocycles. The summed E-state index contributed by atoms with van der Waals surface area (Å²) in [5.41, 5.74) is 1.03. The van der Waals surface area contributed by atoms with E-state index in [1.165, 1.54) is 13.0 Å². The summed E-state index contributed by atoms with van der Waals surface area (Å²) < 4.78 is 0. The summed E-state index contributed by atoms with van der Waals surface area (Å²) in [6, 6.07) is 12.5. The number of rotatable bonds is 2. The largest absolute Gasteiger partial charge is 0.350 e. The van der Waals surface area contributed by atoms with Gasteiger partial charge in [-0.1, -0.05) is 18.2 Å². The van der Waals surface area contributed by atoms with Crippen molar-refractivity contribution in [3.8, 4) is 10.7 Å². The molecule has 0 radical (unpaired) electrons. The first-order valence-corrected chi connectivity index (χ1v) is 9.06. The van der Waals surface area contributed by atoms with Gasteiger partial charge in [-0.15, -0.1) is 11.3 Å². The second-order valence-electron chi connectivity index (χ2n) is 6.16. The Balaban J connectivity index is 1.83. The van der Waals surface area contributed by atoms with Crippen LogP contribution in [-0.4, -0.2) is 43.2 Å². The molecule has 1 unspecified atom stereocenters. The molecule has 0 bridgehead atoms. The average Bonchev–Trinajstić information content (AvgIpc) is 3.03. The number of nitrogens with zero attached hydrogens (tertiary/aromatic N) is 3. The predicted octanol–water partition coefficient (Wildman–Crippen LogP) is 2.08. The van der Waals surface area contributed by atoms with Crippen molar-refractivity contribution >= 4 is 28.1 Å². The predicted molar refractivity (Wildman–Crippen MR) is 96.3 cm³/mol. The normalized spacial score (nSPS) is 19.0. The van der Waals surface area contributed by atoms with Crippen LogP contribution in [0.5, 0.6) is 0 Å².